The summed E-state index contributed by atoms with van der Waals surface area (Å²) in [6, 6.07) is 23.3. The second-order valence-corrected chi connectivity index (χ2v) is 11.6. The van der Waals surface area contributed by atoms with Crippen molar-refractivity contribution in [1.29, 1.82) is 5.26 Å². The lowest BCUT2D eigenvalue weighted by Gasteiger charge is -2.57. The predicted molar refractivity (Wildman–Crippen MR) is 153 cm³/mol. The van der Waals surface area contributed by atoms with Crippen molar-refractivity contribution >= 4 is 33.1 Å². The Morgan fingerprint density at radius 1 is 1.03 bits per heavy atom. The summed E-state index contributed by atoms with van der Waals surface area (Å²) < 4.78 is 0. The monoisotopic (exact) mass is 511 g/mol. The number of fused-ring (bicyclic) bond motifs is 2. The third kappa shape index (κ3) is 2.84. The van der Waals surface area contributed by atoms with Crippen LogP contribution in [-0.2, 0) is 15.6 Å². The molecule has 0 aliphatic heterocycles. The van der Waals surface area contributed by atoms with Crippen LogP contribution in [0.1, 0.15) is 30.0 Å². The van der Waals surface area contributed by atoms with E-state index >= 15 is 0 Å². The van der Waals surface area contributed by atoms with Gasteiger partial charge in [0.1, 0.15) is 5.41 Å². The maximum atomic E-state index is 14.2. The number of nitrogens with one attached hydrogen (secondary N) is 1. The molecule has 3 bridgehead atoms. The Kier molecular flexibility index (Phi) is 4.74. The summed E-state index contributed by atoms with van der Waals surface area (Å²) in [5, 5.41) is 18.6. The van der Waals surface area contributed by atoms with E-state index in [4.69, 9.17) is 4.98 Å². The molecule has 1 aromatic heterocycles. The molecule has 1 amide bonds. The number of nitrogens with zero attached hydrogens (tertiary/aromatic N) is 2. The van der Waals surface area contributed by atoms with Crippen molar-refractivity contribution in [3.05, 3.63) is 119 Å². The molecule has 3 unspecified atom stereocenters. The Bertz CT molecular complexity index is 1800. The van der Waals surface area contributed by atoms with Gasteiger partial charge in [0.25, 0.3) is 0 Å². The van der Waals surface area contributed by atoms with Crippen LogP contribution in [0, 0.1) is 23.7 Å². The van der Waals surface area contributed by atoms with E-state index in [0.29, 0.717) is 11.6 Å². The van der Waals surface area contributed by atoms with E-state index in [9.17, 15) is 10.1 Å². The summed E-state index contributed by atoms with van der Waals surface area (Å²) in [4.78, 5) is 19.1. The zero-order valence-corrected chi connectivity index (χ0v) is 22.0. The van der Waals surface area contributed by atoms with Gasteiger partial charge in [-0.05, 0) is 53.3 Å². The summed E-state index contributed by atoms with van der Waals surface area (Å²) >= 11 is 1.43. The number of carbonyl (C=O) groups excluding carboxylic acids is 1. The Balaban J connectivity index is 1.30. The van der Waals surface area contributed by atoms with Gasteiger partial charge in [0.2, 0.25) is 5.91 Å². The summed E-state index contributed by atoms with van der Waals surface area (Å²) in [5.74, 6) is -0.122. The van der Waals surface area contributed by atoms with E-state index in [1.165, 1.54) is 22.3 Å². The maximum absolute atomic E-state index is 14.2. The van der Waals surface area contributed by atoms with E-state index in [-0.39, 0.29) is 5.91 Å². The standard InChI is InChI=1S/C33H25N3OS/c1-21-14-15-25(24-11-4-3-10-23(21)24)28-18-38-30(35-28)36-29(37)31(2)19-32(20-34)22-9-7-8-16-33(31,17-22)27-13-6-5-12-26(27)32/h3-18H,19H2,1-2H3,(H,35,36,37). The van der Waals surface area contributed by atoms with Gasteiger partial charge < -0.3 is 5.32 Å². The largest absolute Gasteiger partial charge is 0.301 e. The smallest absolute Gasteiger partial charge is 0.233 e. The quantitative estimate of drug-likeness (QED) is 0.312. The number of aromatic nitrogens is 1. The van der Waals surface area contributed by atoms with Crippen molar-refractivity contribution in [2.45, 2.75) is 31.1 Å². The van der Waals surface area contributed by atoms with Gasteiger partial charge in [-0.25, -0.2) is 4.98 Å². The first-order valence-electron chi connectivity index (χ1n) is 12.8. The lowest BCUT2D eigenvalue weighted by Crippen LogP contribution is -2.60. The Morgan fingerprint density at radius 2 is 1.79 bits per heavy atom. The SMILES string of the molecule is Cc1ccc(-c2csc(NC(=O)C3(C)CC4(C#N)C5=CC3(C=CC=C5)c3ccccc34)n2)c2ccccc12. The number of hydrogen-bond donors (Lipinski definition) is 1. The number of carbonyl (C=O) groups is 1. The van der Waals surface area contributed by atoms with Crippen molar-refractivity contribution in [2.24, 2.45) is 5.41 Å². The fourth-order valence-electron chi connectivity index (χ4n) is 6.82. The minimum absolute atomic E-state index is 0.122. The fraction of sp³-hybridized carbons (Fsp3) is 0.182. The van der Waals surface area contributed by atoms with Crippen LogP contribution >= 0.6 is 11.3 Å². The zero-order valence-electron chi connectivity index (χ0n) is 21.2. The Labute approximate surface area is 225 Å². The molecule has 8 rings (SSSR count). The van der Waals surface area contributed by atoms with Gasteiger partial charge in [-0.1, -0.05) is 91.0 Å². The molecule has 1 spiro atoms. The lowest BCUT2D eigenvalue weighted by atomic mass is 9.43. The third-order valence-corrected chi connectivity index (χ3v) is 9.58. The van der Waals surface area contributed by atoms with Crippen molar-refractivity contribution in [1.82, 2.24) is 4.98 Å². The van der Waals surface area contributed by atoms with Gasteiger partial charge in [-0.2, -0.15) is 5.26 Å². The summed E-state index contributed by atoms with van der Waals surface area (Å²) in [5.41, 5.74) is 3.70. The van der Waals surface area contributed by atoms with Crippen LogP contribution in [0.2, 0.25) is 0 Å². The maximum Gasteiger partial charge on any atom is 0.233 e. The van der Waals surface area contributed by atoms with Gasteiger partial charge in [-0.15, -0.1) is 11.3 Å². The van der Waals surface area contributed by atoms with Gasteiger partial charge >= 0.3 is 0 Å². The zero-order chi connectivity index (χ0) is 26.1. The van der Waals surface area contributed by atoms with E-state index in [2.05, 4.69) is 60.8 Å². The Morgan fingerprint density at radius 3 is 2.61 bits per heavy atom. The van der Waals surface area contributed by atoms with Crippen molar-refractivity contribution < 1.29 is 4.79 Å². The average molecular weight is 512 g/mol. The molecule has 4 nitrogen and oxygen atoms in total. The number of aryl methyl sites for hydroxylation is 1. The van der Waals surface area contributed by atoms with Gasteiger partial charge in [0, 0.05) is 16.4 Å². The van der Waals surface area contributed by atoms with Crippen molar-refractivity contribution in [2.75, 3.05) is 5.32 Å². The first kappa shape index (κ1) is 22.9. The Hall–Kier alpha value is -4.27. The minimum atomic E-state index is -0.883. The van der Waals surface area contributed by atoms with Gasteiger partial charge in [-0.3, -0.25) is 4.79 Å². The first-order chi connectivity index (χ1) is 18.4. The molecule has 0 fully saturated rings. The molecule has 38 heavy (non-hydrogen) atoms. The van der Waals surface area contributed by atoms with Crippen LogP contribution in [0.4, 0.5) is 5.13 Å². The summed E-state index contributed by atoms with van der Waals surface area (Å²) in [6.07, 6.45) is 10.7. The molecule has 5 heteroatoms. The summed E-state index contributed by atoms with van der Waals surface area (Å²) in [6.45, 7) is 4.11. The highest BCUT2D eigenvalue weighted by Gasteiger charge is 2.65. The van der Waals surface area contributed by atoms with E-state index in [1.54, 1.807) is 0 Å². The van der Waals surface area contributed by atoms with E-state index < -0.39 is 16.2 Å². The molecule has 4 aromatic rings. The fourth-order valence-corrected chi connectivity index (χ4v) is 7.53. The number of benzene rings is 3. The summed E-state index contributed by atoms with van der Waals surface area (Å²) in [7, 11) is 0. The highest BCUT2D eigenvalue weighted by atomic mass is 32.1. The molecule has 0 saturated carbocycles. The number of thiazole rings is 1. The highest BCUT2D eigenvalue weighted by molar-refractivity contribution is 7.14. The van der Waals surface area contributed by atoms with Crippen LogP contribution in [0.5, 0.6) is 0 Å². The average Bonchev–Trinajstić information content (AvgIpc) is 3.31. The first-order valence-corrected chi connectivity index (χ1v) is 13.7. The molecule has 0 radical (unpaired) electrons. The number of hydrogen-bond acceptors (Lipinski definition) is 4. The second kappa shape index (κ2) is 7.86. The predicted octanol–water partition coefficient (Wildman–Crippen LogP) is 7.39. The van der Waals surface area contributed by atoms with Gasteiger partial charge in [0.05, 0.1) is 17.2 Å². The minimum Gasteiger partial charge on any atom is -0.301 e. The number of rotatable bonds is 3. The molecule has 4 aliphatic rings. The molecule has 4 aliphatic carbocycles. The lowest BCUT2D eigenvalue weighted by molar-refractivity contribution is -0.128. The topological polar surface area (TPSA) is 65.8 Å². The molecule has 1 N–H and O–H groups in total. The number of allylic oxidation sites excluding steroid dienone is 6. The van der Waals surface area contributed by atoms with Crippen LogP contribution in [-0.4, -0.2) is 10.9 Å². The highest BCUT2D eigenvalue weighted by Crippen LogP contribution is 2.65. The molecular formula is C33H25N3OS. The molecule has 1 heterocycles. The van der Waals surface area contributed by atoms with Crippen molar-refractivity contribution in [3.8, 4) is 17.3 Å². The second-order valence-electron chi connectivity index (χ2n) is 10.7. The van der Waals surface area contributed by atoms with Crippen molar-refractivity contribution in [3.63, 3.8) is 0 Å². The molecule has 3 atom stereocenters. The van der Waals surface area contributed by atoms with E-state index in [1.807, 2.05) is 60.9 Å². The molecular weight excluding hydrogens is 486 g/mol. The third-order valence-electron chi connectivity index (χ3n) is 8.82. The van der Waals surface area contributed by atoms with Crippen LogP contribution in [0.25, 0.3) is 22.0 Å². The molecule has 0 saturated heterocycles. The number of anilines is 1. The van der Waals surface area contributed by atoms with Gasteiger partial charge in [0.15, 0.2) is 5.13 Å². The van der Waals surface area contributed by atoms with Crippen LogP contribution in [0.3, 0.4) is 0 Å². The van der Waals surface area contributed by atoms with Crippen LogP contribution < -0.4 is 5.32 Å². The number of amides is 1. The van der Waals surface area contributed by atoms with E-state index in [0.717, 1.165) is 33.3 Å². The molecule has 184 valence electrons. The molecule has 3 aromatic carbocycles. The normalized spacial score (nSPS) is 26.4. The number of nitriles is 1. The van der Waals surface area contributed by atoms with Crippen LogP contribution in [0.15, 0.2) is 102 Å².